The molecule has 2 heterocycles. The lowest BCUT2D eigenvalue weighted by atomic mass is 10.1. The van der Waals surface area contributed by atoms with Gasteiger partial charge in [0, 0.05) is 6.04 Å². The van der Waals surface area contributed by atoms with Gasteiger partial charge in [0.1, 0.15) is 5.82 Å². The fourth-order valence-corrected chi connectivity index (χ4v) is 1.73. The van der Waals surface area contributed by atoms with E-state index in [0.29, 0.717) is 5.82 Å². The Morgan fingerprint density at radius 1 is 1.47 bits per heavy atom. The molecule has 0 saturated carbocycles. The molecule has 84 valence electrons. The van der Waals surface area contributed by atoms with Crippen molar-refractivity contribution in [3.05, 3.63) is 5.82 Å². The fraction of sp³-hybridized carbons (Fsp3) is 0.750. The second kappa shape index (κ2) is 3.11. The lowest BCUT2D eigenvalue weighted by molar-refractivity contribution is -0.173. The number of rotatable bonds is 0. The minimum atomic E-state index is -4.27. The summed E-state index contributed by atoms with van der Waals surface area (Å²) >= 11 is 0. The van der Waals surface area contributed by atoms with E-state index in [1.54, 1.807) is 13.8 Å². The molecule has 1 aliphatic rings. The van der Waals surface area contributed by atoms with Gasteiger partial charge in [0.25, 0.3) is 0 Å². The van der Waals surface area contributed by atoms with Crippen LogP contribution in [-0.2, 0) is 0 Å². The van der Waals surface area contributed by atoms with E-state index in [-0.39, 0.29) is 18.4 Å². The van der Waals surface area contributed by atoms with Gasteiger partial charge in [-0.1, -0.05) is 0 Å². The van der Waals surface area contributed by atoms with Gasteiger partial charge < -0.3 is 5.32 Å². The molecule has 7 heteroatoms. The van der Waals surface area contributed by atoms with Crippen LogP contribution >= 0.6 is 0 Å². The summed E-state index contributed by atoms with van der Waals surface area (Å²) in [6.07, 6.45) is -4.29. The molecule has 1 aromatic rings. The predicted octanol–water partition coefficient (Wildman–Crippen LogP) is 1.89. The predicted molar refractivity (Wildman–Crippen MR) is 47.6 cm³/mol. The summed E-state index contributed by atoms with van der Waals surface area (Å²) < 4.78 is 39.0. The number of fused-ring (bicyclic) bond motifs is 1. The monoisotopic (exact) mass is 220 g/mol. The van der Waals surface area contributed by atoms with Gasteiger partial charge in [0.2, 0.25) is 5.95 Å². The number of hydrogen-bond donors (Lipinski definition) is 1. The standard InChI is InChI=1S/C8H11F3N4/c1-4-3-6(8(9,10)11)15-7(12-4)13-5(2)14-15/h4,6H,3H2,1-2H3,(H,12,13,14). The highest BCUT2D eigenvalue weighted by Gasteiger charge is 2.45. The second-order valence-corrected chi connectivity index (χ2v) is 3.77. The van der Waals surface area contributed by atoms with Crippen molar-refractivity contribution in [3.8, 4) is 0 Å². The molecule has 0 fully saturated rings. The topological polar surface area (TPSA) is 42.7 Å². The summed E-state index contributed by atoms with van der Waals surface area (Å²) in [5.74, 6) is 0.550. The van der Waals surface area contributed by atoms with Crippen LogP contribution in [0.5, 0.6) is 0 Å². The third-order valence-electron chi connectivity index (χ3n) is 2.36. The number of halogens is 3. The van der Waals surface area contributed by atoms with Crippen molar-refractivity contribution in [3.63, 3.8) is 0 Å². The van der Waals surface area contributed by atoms with Crippen molar-refractivity contribution in [1.82, 2.24) is 14.8 Å². The molecule has 2 unspecified atom stereocenters. The van der Waals surface area contributed by atoms with E-state index in [1.165, 1.54) is 0 Å². The number of nitrogens with one attached hydrogen (secondary N) is 1. The van der Waals surface area contributed by atoms with Gasteiger partial charge in [-0.25, -0.2) is 4.68 Å². The summed E-state index contributed by atoms with van der Waals surface area (Å²) in [5.41, 5.74) is 0. The van der Waals surface area contributed by atoms with Crippen LogP contribution in [0.2, 0.25) is 0 Å². The summed E-state index contributed by atoms with van der Waals surface area (Å²) in [7, 11) is 0. The molecule has 1 N–H and O–H groups in total. The molecule has 15 heavy (non-hydrogen) atoms. The van der Waals surface area contributed by atoms with Crippen molar-refractivity contribution < 1.29 is 13.2 Å². The summed E-state index contributed by atoms with van der Waals surface area (Å²) in [6.45, 7) is 3.28. The highest BCUT2D eigenvalue weighted by Crippen LogP contribution is 2.38. The first-order valence-corrected chi connectivity index (χ1v) is 4.64. The number of hydrogen-bond acceptors (Lipinski definition) is 3. The first kappa shape index (κ1) is 10.3. The Balaban J connectivity index is 2.42. The molecule has 0 bridgehead atoms. The fourth-order valence-electron chi connectivity index (χ4n) is 1.73. The van der Waals surface area contributed by atoms with Gasteiger partial charge in [-0.05, 0) is 20.3 Å². The number of alkyl halides is 3. The molecule has 1 aliphatic heterocycles. The molecular weight excluding hydrogens is 209 g/mol. The van der Waals surface area contributed by atoms with Gasteiger partial charge in [0.05, 0.1) is 0 Å². The van der Waals surface area contributed by atoms with E-state index in [2.05, 4.69) is 15.4 Å². The summed E-state index contributed by atoms with van der Waals surface area (Å²) in [4.78, 5) is 3.91. The van der Waals surface area contributed by atoms with Crippen molar-refractivity contribution in [1.29, 1.82) is 0 Å². The Morgan fingerprint density at radius 2 is 2.13 bits per heavy atom. The van der Waals surface area contributed by atoms with Crippen LogP contribution in [0.25, 0.3) is 0 Å². The van der Waals surface area contributed by atoms with E-state index >= 15 is 0 Å². The maximum absolute atomic E-state index is 12.7. The average Bonchev–Trinajstić information content (AvgIpc) is 2.41. The Bertz CT molecular complexity index is 370. The van der Waals surface area contributed by atoms with Crippen LogP contribution in [0.3, 0.4) is 0 Å². The van der Waals surface area contributed by atoms with Crippen LogP contribution in [-0.4, -0.2) is 27.0 Å². The van der Waals surface area contributed by atoms with Crippen molar-refractivity contribution in [2.45, 2.75) is 38.5 Å². The third-order valence-corrected chi connectivity index (χ3v) is 2.36. The number of anilines is 1. The number of aromatic nitrogens is 3. The normalized spacial score (nSPS) is 25.9. The van der Waals surface area contributed by atoms with E-state index in [1.807, 2.05) is 0 Å². The van der Waals surface area contributed by atoms with Gasteiger partial charge in [-0.3, -0.25) is 0 Å². The van der Waals surface area contributed by atoms with Crippen molar-refractivity contribution in [2.75, 3.05) is 5.32 Å². The Morgan fingerprint density at radius 3 is 2.73 bits per heavy atom. The number of aryl methyl sites for hydroxylation is 1. The summed E-state index contributed by atoms with van der Waals surface area (Å²) in [6, 6.07) is -1.81. The molecule has 0 amide bonds. The molecule has 0 aliphatic carbocycles. The second-order valence-electron chi connectivity index (χ2n) is 3.77. The van der Waals surface area contributed by atoms with Crippen LogP contribution < -0.4 is 5.32 Å². The van der Waals surface area contributed by atoms with Gasteiger partial charge in [-0.2, -0.15) is 23.3 Å². The molecule has 0 radical (unpaired) electrons. The van der Waals surface area contributed by atoms with Gasteiger partial charge in [0.15, 0.2) is 6.04 Å². The molecule has 0 spiro atoms. The molecule has 2 atom stereocenters. The Kier molecular flexibility index (Phi) is 2.13. The zero-order chi connectivity index (χ0) is 11.2. The van der Waals surface area contributed by atoms with Gasteiger partial charge in [-0.15, -0.1) is 0 Å². The van der Waals surface area contributed by atoms with Crippen LogP contribution in [0.15, 0.2) is 0 Å². The van der Waals surface area contributed by atoms with E-state index in [0.717, 1.165) is 4.68 Å². The zero-order valence-electron chi connectivity index (χ0n) is 8.34. The SMILES string of the molecule is Cc1nc2n(n1)C(C(F)(F)F)CC(C)N2. The molecule has 4 nitrogen and oxygen atoms in total. The quantitative estimate of drug-likeness (QED) is 0.726. The molecule has 0 saturated heterocycles. The molecular formula is C8H11F3N4. The lowest BCUT2D eigenvalue weighted by Crippen LogP contribution is -2.38. The summed E-state index contributed by atoms with van der Waals surface area (Å²) in [5, 5.41) is 6.63. The van der Waals surface area contributed by atoms with Crippen LogP contribution in [0.1, 0.15) is 25.2 Å². The van der Waals surface area contributed by atoms with Gasteiger partial charge >= 0.3 is 6.18 Å². The average molecular weight is 220 g/mol. The largest absolute Gasteiger partial charge is 0.411 e. The Hall–Kier alpha value is -1.27. The van der Waals surface area contributed by atoms with E-state index in [4.69, 9.17) is 0 Å². The molecule has 0 aromatic carbocycles. The van der Waals surface area contributed by atoms with E-state index in [9.17, 15) is 13.2 Å². The Labute approximate surface area is 84.5 Å². The maximum Gasteiger partial charge on any atom is 0.411 e. The molecule has 2 rings (SSSR count). The van der Waals surface area contributed by atoms with E-state index < -0.39 is 12.2 Å². The van der Waals surface area contributed by atoms with Crippen LogP contribution in [0.4, 0.5) is 19.1 Å². The number of nitrogens with zero attached hydrogens (tertiary/aromatic N) is 3. The first-order valence-electron chi connectivity index (χ1n) is 4.64. The third kappa shape index (κ3) is 1.78. The minimum Gasteiger partial charge on any atom is -0.352 e. The maximum atomic E-state index is 12.7. The van der Waals surface area contributed by atoms with Crippen molar-refractivity contribution in [2.24, 2.45) is 0 Å². The molecule has 1 aromatic heterocycles. The highest BCUT2D eigenvalue weighted by molar-refractivity contribution is 5.30. The lowest BCUT2D eigenvalue weighted by Gasteiger charge is -2.30. The zero-order valence-corrected chi connectivity index (χ0v) is 8.34. The highest BCUT2D eigenvalue weighted by atomic mass is 19.4. The minimum absolute atomic E-state index is 0.0146. The smallest absolute Gasteiger partial charge is 0.352 e. The van der Waals surface area contributed by atoms with Crippen LogP contribution in [0, 0.1) is 6.92 Å². The van der Waals surface area contributed by atoms with Crippen molar-refractivity contribution >= 4 is 5.95 Å². The first-order chi connectivity index (χ1) is 6.88.